The van der Waals surface area contributed by atoms with Gasteiger partial charge in [0, 0.05) is 49.7 Å². The van der Waals surface area contributed by atoms with Crippen LogP contribution in [0, 0.1) is 0 Å². The first-order valence-corrected chi connectivity index (χ1v) is 9.01. The molecule has 9 heteroatoms. The fourth-order valence-electron chi connectivity index (χ4n) is 3.46. The Kier molecular flexibility index (Phi) is 4.83. The molecule has 2 aromatic heterocycles. The number of nitrogens with zero attached hydrogens (tertiary/aromatic N) is 3. The van der Waals surface area contributed by atoms with Crippen molar-refractivity contribution in [1.29, 1.82) is 0 Å². The van der Waals surface area contributed by atoms with E-state index in [0.29, 0.717) is 35.7 Å². The number of pyridine rings is 1. The zero-order valence-electron chi connectivity index (χ0n) is 15.3. The molecule has 1 aliphatic heterocycles. The Balaban J connectivity index is 1.59. The zero-order valence-corrected chi connectivity index (χ0v) is 15.3. The van der Waals surface area contributed by atoms with Crippen LogP contribution in [0.15, 0.2) is 47.5 Å². The lowest BCUT2D eigenvalue weighted by atomic mass is 10.0. The van der Waals surface area contributed by atoms with E-state index in [9.17, 15) is 18.0 Å². The number of nitrogens with two attached hydrogens (primary N) is 1. The number of aromatic amines is 1. The van der Waals surface area contributed by atoms with Crippen LogP contribution in [0.5, 0.6) is 0 Å². The van der Waals surface area contributed by atoms with Crippen molar-refractivity contribution in [2.75, 3.05) is 12.3 Å². The summed E-state index contributed by atoms with van der Waals surface area (Å²) in [7, 11) is 0. The molecule has 4 rings (SSSR count). The van der Waals surface area contributed by atoms with Gasteiger partial charge in [-0.3, -0.25) is 14.7 Å². The van der Waals surface area contributed by atoms with Crippen LogP contribution in [0.4, 0.5) is 18.9 Å². The summed E-state index contributed by atoms with van der Waals surface area (Å²) in [5, 5.41) is 0. The van der Waals surface area contributed by atoms with Gasteiger partial charge in [-0.2, -0.15) is 13.2 Å². The van der Waals surface area contributed by atoms with Crippen molar-refractivity contribution in [3.05, 3.63) is 75.5 Å². The first-order chi connectivity index (χ1) is 13.8. The van der Waals surface area contributed by atoms with Gasteiger partial charge in [-0.25, -0.2) is 4.98 Å². The Morgan fingerprint density at radius 2 is 1.93 bits per heavy atom. The monoisotopic (exact) mass is 401 g/mol. The first kappa shape index (κ1) is 19.1. The van der Waals surface area contributed by atoms with Gasteiger partial charge in [0.25, 0.3) is 5.56 Å². The van der Waals surface area contributed by atoms with E-state index in [2.05, 4.69) is 15.0 Å². The molecule has 0 bridgehead atoms. The van der Waals surface area contributed by atoms with Gasteiger partial charge in [0.15, 0.2) is 0 Å². The number of alkyl halides is 3. The Morgan fingerprint density at radius 3 is 2.66 bits per heavy atom. The molecule has 0 atom stereocenters. The van der Waals surface area contributed by atoms with Crippen molar-refractivity contribution in [2.24, 2.45) is 0 Å². The normalized spacial score (nSPS) is 14.6. The molecule has 6 nitrogen and oxygen atoms in total. The van der Waals surface area contributed by atoms with E-state index in [1.54, 1.807) is 29.2 Å². The number of hydrogen-bond donors (Lipinski definition) is 2. The van der Waals surface area contributed by atoms with Crippen molar-refractivity contribution in [3.63, 3.8) is 0 Å². The number of H-pyrrole nitrogens is 1. The third kappa shape index (κ3) is 4.00. The van der Waals surface area contributed by atoms with Crippen LogP contribution >= 0.6 is 0 Å². The highest BCUT2D eigenvalue weighted by atomic mass is 19.4. The van der Waals surface area contributed by atoms with Crippen LogP contribution < -0.4 is 11.3 Å². The molecule has 1 aliphatic rings. The topological polar surface area (TPSA) is 87.9 Å². The van der Waals surface area contributed by atoms with Gasteiger partial charge in [0.1, 0.15) is 5.82 Å². The second-order valence-electron chi connectivity index (χ2n) is 6.95. The molecule has 3 N–H and O–H groups in total. The van der Waals surface area contributed by atoms with Crippen molar-refractivity contribution < 1.29 is 13.2 Å². The minimum atomic E-state index is -4.45. The third-order valence-electron chi connectivity index (χ3n) is 4.93. The largest absolute Gasteiger partial charge is 0.416 e. The average Bonchev–Trinajstić information content (AvgIpc) is 2.68. The molecule has 0 aliphatic carbocycles. The molecule has 29 heavy (non-hydrogen) atoms. The van der Waals surface area contributed by atoms with Crippen LogP contribution in [0.3, 0.4) is 0 Å². The van der Waals surface area contributed by atoms with Gasteiger partial charge >= 0.3 is 6.18 Å². The van der Waals surface area contributed by atoms with Crippen molar-refractivity contribution in [3.8, 4) is 11.4 Å². The van der Waals surface area contributed by atoms with E-state index in [1.807, 2.05) is 0 Å². The lowest BCUT2D eigenvalue weighted by molar-refractivity contribution is -0.138. The number of halogens is 3. The molecular formula is C20H18F3N5O. The molecule has 0 amide bonds. The molecule has 0 unspecified atom stereocenters. The van der Waals surface area contributed by atoms with E-state index < -0.39 is 11.7 Å². The number of hydrogen-bond acceptors (Lipinski definition) is 5. The number of benzene rings is 1. The molecule has 0 spiro atoms. The fraction of sp³-hybridized carbons (Fsp3) is 0.250. The van der Waals surface area contributed by atoms with Gasteiger partial charge in [0.2, 0.25) is 0 Å². The number of anilines is 1. The summed E-state index contributed by atoms with van der Waals surface area (Å²) >= 11 is 0. The van der Waals surface area contributed by atoms with Crippen molar-refractivity contribution in [1.82, 2.24) is 19.9 Å². The highest BCUT2D eigenvalue weighted by molar-refractivity contribution is 5.58. The summed E-state index contributed by atoms with van der Waals surface area (Å²) < 4.78 is 39.7. The number of nitrogens with one attached hydrogen (secondary N) is 1. The molecule has 0 radical (unpaired) electrons. The SMILES string of the molecule is Nc1ccc(-c2nc3c(c(=O)[nH]2)CN(Cc2cnccc2C(F)(F)F)CC3)cc1. The Bertz CT molecular complexity index is 1090. The van der Waals surface area contributed by atoms with Crippen LogP contribution in [-0.4, -0.2) is 26.4 Å². The van der Waals surface area contributed by atoms with E-state index in [4.69, 9.17) is 5.73 Å². The number of aromatic nitrogens is 3. The molecular weight excluding hydrogens is 383 g/mol. The van der Waals surface area contributed by atoms with Crippen molar-refractivity contribution >= 4 is 5.69 Å². The maximum Gasteiger partial charge on any atom is 0.416 e. The minimum Gasteiger partial charge on any atom is -0.399 e. The molecule has 3 aromatic rings. The summed E-state index contributed by atoms with van der Waals surface area (Å²) in [5.74, 6) is 0.453. The summed E-state index contributed by atoms with van der Waals surface area (Å²) in [5.41, 5.74) is 7.29. The number of fused-ring (bicyclic) bond motifs is 1. The first-order valence-electron chi connectivity index (χ1n) is 9.01. The Labute approximate surface area is 164 Å². The summed E-state index contributed by atoms with van der Waals surface area (Å²) in [6.45, 7) is 0.782. The lowest BCUT2D eigenvalue weighted by Gasteiger charge is -2.28. The smallest absolute Gasteiger partial charge is 0.399 e. The van der Waals surface area contributed by atoms with E-state index in [1.165, 1.54) is 6.20 Å². The quantitative estimate of drug-likeness (QED) is 0.659. The molecule has 1 aromatic carbocycles. The van der Waals surface area contributed by atoms with E-state index in [-0.39, 0.29) is 24.2 Å². The maximum atomic E-state index is 13.2. The zero-order chi connectivity index (χ0) is 20.6. The van der Waals surface area contributed by atoms with Crippen LogP contribution in [0.2, 0.25) is 0 Å². The Morgan fingerprint density at radius 1 is 1.17 bits per heavy atom. The number of nitrogen functional groups attached to an aromatic ring is 1. The standard InChI is InChI=1S/C20H18F3N5O/c21-20(22,23)16-5-7-25-9-13(16)10-28-8-6-17-15(11-28)19(29)27-18(26-17)12-1-3-14(24)4-2-12/h1-5,7,9H,6,8,10-11,24H2,(H,26,27,29). The summed E-state index contributed by atoms with van der Waals surface area (Å²) in [4.78, 5) is 25.6. The van der Waals surface area contributed by atoms with Crippen molar-refractivity contribution in [2.45, 2.75) is 25.7 Å². The van der Waals surface area contributed by atoms with Crippen LogP contribution in [0.1, 0.15) is 22.4 Å². The minimum absolute atomic E-state index is 0.0568. The molecule has 150 valence electrons. The highest BCUT2D eigenvalue weighted by Gasteiger charge is 2.34. The number of rotatable bonds is 3. The third-order valence-corrected chi connectivity index (χ3v) is 4.93. The second-order valence-corrected chi connectivity index (χ2v) is 6.95. The fourth-order valence-corrected chi connectivity index (χ4v) is 3.46. The van der Waals surface area contributed by atoms with Crippen LogP contribution in [-0.2, 0) is 25.7 Å². The van der Waals surface area contributed by atoms with Gasteiger partial charge < -0.3 is 10.7 Å². The van der Waals surface area contributed by atoms with Gasteiger partial charge in [-0.05, 0) is 35.9 Å². The molecule has 3 heterocycles. The second kappa shape index (κ2) is 7.32. The lowest BCUT2D eigenvalue weighted by Crippen LogP contribution is -2.36. The Hall–Kier alpha value is -3.20. The maximum absolute atomic E-state index is 13.2. The van der Waals surface area contributed by atoms with E-state index >= 15 is 0 Å². The predicted octanol–water partition coefficient (Wildman–Crippen LogP) is 2.99. The molecule has 0 fully saturated rings. The van der Waals surface area contributed by atoms with Gasteiger partial charge in [-0.15, -0.1) is 0 Å². The molecule has 0 saturated carbocycles. The predicted molar refractivity (Wildman–Crippen MR) is 102 cm³/mol. The van der Waals surface area contributed by atoms with Gasteiger partial charge in [0.05, 0.1) is 16.8 Å². The highest BCUT2D eigenvalue weighted by Crippen LogP contribution is 2.32. The summed E-state index contributed by atoms with van der Waals surface area (Å²) in [6, 6.07) is 7.97. The molecule has 0 saturated heterocycles. The van der Waals surface area contributed by atoms with E-state index in [0.717, 1.165) is 17.8 Å². The average molecular weight is 401 g/mol. The van der Waals surface area contributed by atoms with Gasteiger partial charge in [-0.1, -0.05) is 0 Å². The summed E-state index contributed by atoms with van der Waals surface area (Å²) in [6.07, 6.45) is -1.61. The van der Waals surface area contributed by atoms with Crippen LogP contribution in [0.25, 0.3) is 11.4 Å².